The molecular weight excluding hydrogens is 348 g/mol. The number of nitrogens with one attached hydrogen (secondary N) is 1. The van der Waals surface area contributed by atoms with E-state index in [-0.39, 0.29) is 5.91 Å². The molecule has 0 bridgehead atoms. The van der Waals surface area contributed by atoms with Crippen LogP contribution in [0, 0.1) is 5.41 Å². The van der Waals surface area contributed by atoms with Crippen LogP contribution in [-0.4, -0.2) is 10.9 Å². The van der Waals surface area contributed by atoms with Crippen LogP contribution in [0.2, 0.25) is 0 Å². The molecule has 114 valence electrons. The fraction of sp³-hybridized carbons (Fsp3) is 0.500. The van der Waals surface area contributed by atoms with E-state index in [0.29, 0.717) is 11.5 Å². The number of halogens is 1. The first-order valence-electron chi connectivity index (χ1n) is 7.37. The van der Waals surface area contributed by atoms with Gasteiger partial charge in [-0.25, -0.2) is 0 Å². The third-order valence-electron chi connectivity index (χ3n) is 4.21. The van der Waals surface area contributed by atoms with E-state index in [2.05, 4.69) is 21.2 Å². The van der Waals surface area contributed by atoms with Crippen LogP contribution in [0.3, 0.4) is 0 Å². The third kappa shape index (κ3) is 4.04. The topological polar surface area (TPSA) is 55.1 Å². The molecule has 1 aliphatic rings. The number of carbonyl (C=O) groups excluding carboxylic acids is 1. The van der Waals surface area contributed by atoms with Crippen molar-refractivity contribution >= 4 is 39.0 Å². The minimum atomic E-state index is -0.655. The molecule has 0 unspecified atom stereocenters. The maximum Gasteiger partial charge on any atom is 0.233 e. The van der Waals surface area contributed by atoms with Gasteiger partial charge >= 0.3 is 0 Å². The quantitative estimate of drug-likeness (QED) is 0.629. The molecule has 0 radical (unpaired) electrons. The number of hydrogen-bond acceptors (Lipinski definition) is 2. The zero-order valence-electron chi connectivity index (χ0n) is 12.0. The predicted molar refractivity (Wildman–Crippen MR) is 92.9 cm³/mol. The maximum absolute atomic E-state index is 12.7. The summed E-state index contributed by atoms with van der Waals surface area (Å²) in [6.07, 6.45) is 5.88. The van der Waals surface area contributed by atoms with Gasteiger partial charge in [-0.1, -0.05) is 66.0 Å². The van der Waals surface area contributed by atoms with Crippen LogP contribution in [-0.2, 0) is 11.3 Å². The van der Waals surface area contributed by atoms with E-state index in [4.69, 9.17) is 18.0 Å². The Morgan fingerprint density at radius 3 is 2.52 bits per heavy atom. The molecule has 3 nitrogen and oxygen atoms in total. The Hall–Kier alpha value is -0.940. The highest BCUT2D eigenvalue weighted by atomic mass is 79.9. The van der Waals surface area contributed by atoms with Gasteiger partial charge in [-0.3, -0.25) is 4.79 Å². The summed E-state index contributed by atoms with van der Waals surface area (Å²) in [6, 6.07) is 7.92. The molecule has 1 aromatic carbocycles. The summed E-state index contributed by atoms with van der Waals surface area (Å²) in [5, 5.41) is 3.02. The van der Waals surface area contributed by atoms with Gasteiger partial charge in [-0.2, -0.15) is 0 Å². The van der Waals surface area contributed by atoms with E-state index >= 15 is 0 Å². The number of amides is 1. The molecule has 1 aliphatic carbocycles. The van der Waals surface area contributed by atoms with Crippen molar-refractivity contribution in [2.24, 2.45) is 11.1 Å². The molecule has 0 spiro atoms. The van der Waals surface area contributed by atoms with Crippen LogP contribution in [0.4, 0.5) is 0 Å². The van der Waals surface area contributed by atoms with Crippen molar-refractivity contribution in [1.29, 1.82) is 0 Å². The Kier molecular flexibility index (Phi) is 5.76. The molecule has 5 heteroatoms. The van der Waals surface area contributed by atoms with Crippen molar-refractivity contribution in [3.8, 4) is 0 Å². The van der Waals surface area contributed by atoms with Crippen molar-refractivity contribution in [2.45, 2.75) is 45.1 Å². The average molecular weight is 369 g/mol. The summed E-state index contributed by atoms with van der Waals surface area (Å²) in [4.78, 5) is 13.0. The normalized spacial score (nSPS) is 17.8. The smallest absolute Gasteiger partial charge is 0.233 e. The van der Waals surface area contributed by atoms with Gasteiger partial charge in [0.25, 0.3) is 0 Å². The molecule has 1 saturated carbocycles. The predicted octanol–water partition coefficient (Wildman–Crippen LogP) is 3.69. The lowest BCUT2D eigenvalue weighted by molar-refractivity contribution is -0.128. The van der Waals surface area contributed by atoms with Gasteiger partial charge in [0.2, 0.25) is 5.91 Å². The van der Waals surface area contributed by atoms with E-state index in [1.165, 1.54) is 0 Å². The molecule has 0 saturated heterocycles. The van der Waals surface area contributed by atoms with Gasteiger partial charge in [-0.15, -0.1) is 0 Å². The molecule has 1 amide bonds. The Balaban J connectivity index is 2.07. The minimum Gasteiger partial charge on any atom is -0.392 e. The molecule has 3 N–H and O–H groups in total. The highest BCUT2D eigenvalue weighted by molar-refractivity contribution is 9.10. The summed E-state index contributed by atoms with van der Waals surface area (Å²) in [5.41, 5.74) is 6.33. The molecular formula is C16H21BrN2OS. The zero-order valence-corrected chi connectivity index (χ0v) is 14.4. The molecule has 21 heavy (non-hydrogen) atoms. The number of hydrogen-bond donors (Lipinski definition) is 2. The highest BCUT2D eigenvalue weighted by Gasteiger charge is 2.41. The van der Waals surface area contributed by atoms with Gasteiger partial charge in [0.05, 0.1) is 10.4 Å². The Labute approximate surface area is 139 Å². The number of thiocarbonyl (C=S) groups is 1. The standard InChI is InChI=1S/C16H21BrN2OS/c17-13-7-5-6-12(10-13)11-19-15(20)16(14(18)21)8-3-1-2-4-9-16/h5-7,10H,1-4,8-9,11H2,(H2,18,21)(H,19,20). The largest absolute Gasteiger partial charge is 0.392 e. The molecule has 0 aliphatic heterocycles. The monoisotopic (exact) mass is 368 g/mol. The summed E-state index contributed by atoms with van der Waals surface area (Å²) >= 11 is 8.66. The van der Waals surface area contributed by atoms with E-state index in [0.717, 1.165) is 48.6 Å². The fourth-order valence-corrected chi connectivity index (χ4v) is 3.66. The lowest BCUT2D eigenvalue weighted by Crippen LogP contribution is -2.48. The number of nitrogens with two attached hydrogens (primary N) is 1. The summed E-state index contributed by atoms with van der Waals surface area (Å²) < 4.78 is 1.01. The van der Waals surface area contributed by atoms with Crippen molar-refractivity contribution in [1.82, 2.24) is 5.32 Å². The minimum absolute atomic E-state index is 0.0168. The van der Waals surface area contributed by atoms with Crippen LogP contribution >= 0.6 is 28.1 Å². The first-order chi connectivity index (χ1) is 10.0. The number of benzene rings is 1. The Morgan fingerprint density at radius 2 is 1.95 bits per heavy atom. The van der Waals surface area contributed by atoms with Gasteiger partial charge in [0.1, 0.15) is 0 Å². The Bertz CT molecular complexity index is 525. The summed E-state index contributed by atoms with van der Waals surface area (Å²) in [5.74, 6) is -0.0168. The van der Waals surface area contributed by atoms with E-state index in [1.54, 1.807) is 0 Å². The van der Waals surface area contributed by atoms with Crippen molar-refractivity contribution in [3.05, 3.63) is 34.3 Å². The van der Waals surface area contributed by atoms with Crippen molar-refractivity contribution in [3.63, 3.8) is 0 Å². The van der Waals surface area contributed by atoms with Gasteiger partial charge in [0, 0.05) is 11.0 Å². The maximum atomic E-state index is 12.7. The zero-order chi connectivity index (χ0) is 15.3. The van der Waals surface area contributed by atoms with Crippen LogP contribution in [0.5, 0.6) is 0 Å². The number of carbonyl (C=O) groups is 1. The lowest BCUT2D eigenvalue weighted by Gasteiger charge is -2.30. The Morgan fingerprint density at radius 1 is 1.29 bits per heavy atom. The molecule has 1 fully saturated rings. The second kappa shape index (κ2) is 7.36. The molecule has 0 aromatic heterocycles. The van der Waals surface area contributed by atoms with Crippen molar-refractivity contribution in [2.75, 3.05) is 0 Å². The van der Waals surface area contributed by atoms with Crippen LogP contribution in [0.15, 0.2) is 28.7 Å². The van der Waals surface area contributed by atoms with Gasteiger partial charge in [0.15, 0.2) is 0 Å². The second-order valence-corrected chi connectivity index (χ2v) is 7.03. The number of rotatable bonds is 4. The van der Waals surface area contributed by atoms with Crippen LogP contribution in [0.25, 0.3) is 0 Å². The molecule has 0 atom stereocenters. The molecule has 1 aromatic rings. The molecule has 2 rings (SSSR count). The van der Waals surface area contributed by atoms with E-state index < -0.39 is 5.41 Å². The van der Waals surface area contributed by atoms with Crippen molar-refractivity contribution < 1.29 is 4.79 Å². The van der Waals surface area contributed by atoms with E-state index in [1.807, 2.05) is 24.3 Å². The first kappa shape index (κ1) is 16.4. The molecule has 0 heterocycles. The summed E-state index contributed by atoms with van der Waals surface area (Å²) in [7, 11) is 0. The third-order valence-corrected chi connectivity index (χ3v) is 5.09. The summed E-state index contributed by atoms with van der Waals surface area (Å²) in [6.45, 7) is 0.503. The SMILES string of the molecule is NC(=S)C1(C(=O)NCc2cccc(Br)c2)CCCCCC1. The van der Waals surface area contributed by atoms with Gasteiger partial charge < -0.3 is 11.1 Å². The average Bonchev–Trinajstić information content (AvgIpc) is 2.71. The second-order valence-electron chi connectivity index (χ2n) is 5.67. The highest BCUT2D eigenvalue weighted by Crippen LogP contribution is 2.35. The van der Waals surface area contributed by atoms with Gasteiger partial charge in [-0.05, 0) is 30.5 Å². The first-order valence-corrected chi connectivity index (χ1v) is 8.57. The van der Waals surface area contributed by atoms with Crippen LogP contribution in [0.1, 0.15) is 44.1 Å². The van der Waals surface area contributed by atoms with E-state index in [9.17, 15) is 4.79 Å². The van der Waals surface area contributed by atoms with Crippen LogP contribution < -0.4 is 11.1 Å². The fourth-order valence-electron chi connectivity index (χ4n) is 2.92. The lowest BCUT2D eigenvalue weighted by atomic mass is 9.79.